The fraction of sp³-hybridized carbons (Fsp3) is 0.0870. The summed E-state index contributed by atoms with van der Waals surface area (Å²) in [4.78, 5) is 5.97. The Bertz CT molecular complexity index is 885. The molecule has 2 nitrogen and oxygen atoms in total. The first-order valence-electron chi connectivity index (χ1n) is 8.48. The zero-order chi connectivity index (χ0) is 18.2. The van der Waals surface area contributed by atoms with Gasteiger partial charge < -0.3 is 4.74 Å². The maximum Gasteiger partial charge on any atom is 0.126 e. The number of para-hydroxylation sites is 2. The lowest BCUT2D eigenvalue weighted by atomic mass is 10.2. The molecule has 0 amide bonds. The van der Waals surface area contributed by atoms with Gasteiger partial charge in [0.1, 0.15) is 10.8 Å². The molecule has 130 valence electrons. The van der Waals surface area contributed by atoms with Crippen molar-refractivity contribution in [3.05, 3.63) is 102 Å². The summed E-state index contributed by atoms with van der Waals surface area (Å²) in [5.41, 5.74) is 3.15. The number of hydrogen-bond acceptors (Lipinski definition) is 3. The van der Waals surface area contributed by atoms with Gasteiger partial charge in [-0.1, -0.05) is 65.9 Å². The van der Waals surface area contributed by atoms with Crippen molar-refractivity contribution >= 4 is 22.5 Å². The molecule has 3 aromatic rings. The number of benzene rings is 3. The average Bonchev–Trinajstić information content (AvgIpc) is 2.69. The normalized spacial score (nSPS) is 12.1. The highest BCUT2D eigenvalue weighted by Gasteiger charge is 2.07. The molecule has 0 aliphatic heterocycles. The molecule has 3 rings (SSSR count). The van der Waals surface area contributed by atoms with Crippen molar-refractivity contribution in [1.29, 1.82) is 0 Å². The molecular formula is C23H21NOS. The molecule has 3 heteroatoms. The maximum atomic E-state index is 5.79. The number of nitrogens with zero attached hydrogens (tertiary/aromatic N) is 1. The molecule has 0 bridgehead atoms. The van der Waals surface area contributed by atoms with Crippen LogP contribution in [0.1, 0.15) is 12.5 Å². The van der Waals surface area contributed by atoms with Gasteiger partial charge in [0, 0.05) is 10.5 Å². The van der Waals surface area contributed by atoms with Crippen LogP contribution in [0.5, 0.6) is 5.75 Å². The quantitative estimate of drug-likeness (QED) is 0.216. The Labute approximate surface area is 159 Å². The summed E-state index contributed by atoms with van der Waals surface area (Å²) in [6, 6.07) is 28.2. The van der Waals surface area contributed by atoms with E-state index in [1.54, 1.807) is 18.0 Å². The van der Waals surface area contributed by atoms with Crippen LogP contribution in [0.15, 0.2) is 107 Å². The Hall–Kier alpha value is -2.78. The van der Waals surface area contributed by atoms with Crippen LogP contribution in [0.3, 0.4) is 0 Å². The number of thioether (sulfide) groups is 1. The van der Waals surface area contributed by atoms with Crippen LogP contribution in [-0.2, 0) is 0 Å². The zero-order valence-corrected chi connectivity index (χ0v) is 15.7. The minimum absolute atomic E-state index is 0.811. The van der Waals surface area contributed by atoms with Crippen molar-refractivity contribution in [3.63, 3.8) is 0 Å². The van der Waals surface area contributed by atoms with Gasteiger partial charge in [0.05, 0.1) is 11.9 Å². The van der Waals surface area contributed by atoms with Gasteiger partial charge in [-0.05, 0) is 50.2 Å². The first-order chi connectivity index (χ1) is 12.7. The molecule has 0 aromatic heterocycles. The smallest absolute Gasteiger partial charge is 0.126 e. The largest absolute Gasteiger partial charge is 0.465 e. The van der Waals surface area contributed by atoms with Gasteiger partial charge in [0.15, 0.2) is 0 Å². The highest BCUT2D eigenvalue weighted by molar-refractivity contribution is 8.14. The number of aryl methyl sites for hydroxylation is 1. The van der Waals surface area contributed by atoms with Crippen LogP contribution < -0.4 is 4.74 Å². The van der Waals surface area contributed by atoms with E-state index in [2.05, 4.69) is 31.2 Å². The highest BCUT2D eigenvalue weighted by Crippen LogP contribution is 2.27. The summed E-state index contributed by atoms with van der Waals surface area (Å²) in [5.74, 6) is 0.811. The van der Waals surface area contributed by atoms with Crippen molar-refractivity contribution < 1.29 is 4.74 Å². The number of hydrogen-bond donors (Lipinski definition) is 0. The molecule has 0 aliphatic rings. The van der Waals surface area contributed by atoms with Crippen molar-refractivity contribution in [2.75, 3.05) is 0 Å². The van der Waals surface area contributed by atoms with Crippen LogP contribution in [0.2, 0.25) is 0 Å². The lowest BCUT2D eigenvalue weighted by molar-refractivity contribution is 0.478. The molecule has 0 aliphatic carbocycles. The van der Waals surface area contributed by atoms with E-state index >= 15 is 0 Å². The molecule has 0 unspecified atom stereocenters. The minimum atomic E-state index is 0.811. The molecule has 0 N–H and O–H groups in total. The maximum absolute atomic E-state index is 5.79. The lowest BCUT2D eigenvalue weighted by Gasteiger charge is -2.08. The van der Waals surface area contributed by atoms with E-state index in [4.69, 9.17) is 9.73 Å². The second kappa shape index (κ2) is 9.07. The molecule has 0 radical (unpaired) electrons. The van der Waals surface area contributed by atoms with Crippen LogP contribution in [-0.4, -0.2) is 5.04 Å². The summed E-state index contributed by atoms with van der Waals surface area (Å²) in [6.07, 6.45) is 1.76. The van der Waals surface area contributed by atoms with Gasteiger partial charge in [-0.25, -0.2) is 4.99 Å². The second-order valence-corrected chi connectivity index (χ2v) is 6.96. The average molecular weight is 359 g/mol. The number of aliphatic imine (C=N–C) groups is 1. The third-order valence-electron chi connectivity index (χ3n) is 3.67. The van der Waals surface area contributed by atoms with Gasteiger partial charge in [-0.15, -0.1) is 0 Å². The van der Waals surface area contributed by atoms with Gasteiger partial charge in [0.2, 0.25) is 0 Å². The Balaban J connectivity index is 1.86. The molecule has 0 saturated heterocycles. The monoisotopic (exact) mass is 359 g/mol. The fourth-order valence-electron chi connectivity index (χ4n) is 2.24. The number of ether oxygens (including phenoxy) is 1. The molecule has 0 spiro atoms. The van der Waals surface area contributed by atoms with Crippen molar-refractivity contribution in [1.82, 2.24) is 0 Å². The summed E-state index contributed by atoms with van der Waals surface area (Å²) < 4.78 is 5.79. The predicted molar refractivity (Wildman–Crippen MR) is 111 cm³/mol. The molecule has 0 saturated carbocycles. The Morgan fingerprint density at radius 2 is 1.46 bits per heavy atom. The SMILES string of the molecule is CC(=C\Oc1ccccc1)/C(=N/c1ccccc1)Sc1ccc(C)cc1. The standard InChI is InChI=1S/C23H21NOS/c1-18-13-15-22(16-14-18)26-23(24-20-9-5-3-6-10-20)19(2)17-25-21-11-7-4-8-12-21/h3-17H,1-2H3/b19-17+,24-23-. The Kier molecular flexibility index (Phi) is 6.29. The third kappa shape index (κ3) is 5.36. The molecule has 0 atom stereocenters. The van der Waals surface area contributed by atoms with E-state index in [-0.39, 0.29) is 0 Å². The Morgan fingerprint density at radius 3 is 2.12 bits per heavy atom. The van der Waals surface area contributed by atoms with E-state index in [0.29, 0.717) is 0 Å². The van der Waals surface area contributed by atoms with Gasteiger partial charge >= 0.3 is 0 Å². The lowest BCUT2D eigenvalue weighted by Crippen LogP contribution is -1.97. The first kappa shape index (κ1) is 18.0. The van der Waals surface area contributed by atoms with E-state index < -0.39 is 0 Å². The predicted octanol–water partition coefficient (Wildman–Crippen LogP) is 6.80. The van der Waals surface area contributed by atoms with Crippen molar-refractivity contribution in [3.8, 4) is 5.75 Å². The second-order valence-electron chi connectivity index (χ2n) is 5.90. The molecule has 0 heterocycles. The van der Waals surface area contributed by atoms with Gasteiger partial charge in [-0.2, -0.15) is 0 Å². The summed E-state index contributed by atoms with van der Waals surface area (Å²) in [5, 5.41) is 0.913. The summed E-state index contributed by atoms with van der Waals surface area (Å²) >= 11 is 1.64. The van der Waals surface area contributed by atoms with Gasteiger partial charge in [0.25, 0.3) is 0 Å². The summed E-state index contributed by atoms with van der Waals surface area (Å²) in [6.45, 7) is 4.11. The topological polar surface area (TPSA) is 21.6 Å². The van der Waals surface area contributed by atoms with E-state index in [9.17, 15) is 0 Å². The number of rotatable bonds is 5. The minimum Gasteiger partial charge on any atom is -0.465 e. The Morgan fingerprint density at radius 1 is 0.846 bits per heavy atom. The molecule has 3 aromatic carbocycles. The van der Waals surface area contributed by atoms with Crippen LogP contribution in [0.25, 0.3) is 0 Å². The molecular weight excluding hydrogens is 338 g/mol. The van der Waals surface area contributed by atoms with Crippen LogP contribution >= 0.6 is 11.8 Å². The van der Waals surface area contributed by atoms with Gasteiger partial charge in [-0.3, -0.25) is 0 Å². The molecule has 26 heavy (non-hydrogen) atoms. The van der Waals surface area contributed by atoms with E-state index in [1.165, 1.54) is 5.56 Å². The van der Waals surface area contributed by atoms with Crippen LogP contribution in [0, 0.1) is 6.92 Å². The fourth-order valence-corrected chi connectivity index (χ4v) is 3.09. The van der Waals surface area contributed by atoms with Crippen molar-refractivity contribution in [2.45, 2.75) is 18.7 Å². The van der Waals surface area contributed by atoms with E-state index in [1.807, 2.05) is 67.6 Å². The van der Waals surface area contributed by atoms with Crippen LogP contribution in [0.4, 0.5) is 5.69 Å². The third-order valence-corrected chi connectivity index (χ3v) is 4.79. The van der Waals surface area contributed by atoms with Crippen molar-refractivity contribution in [2.24, 2.45) is 4.99 Å². The highest BCUT2D eigenvalue weighted by atomic mass is 32.2. The molecule has 0 fully saturated rings. The first-order valence-corrected chi connectivity index (χ1v) is 9.29. The van der Waals surface area contributed by atoms with E-state index in [0.717, 1.165) is 26.9 Å². The summed E-state index contributed by atoms with van der Waals surface area (Å²) in [7, 11) is 0. The zero-order valence-electron chi connectivity index (χ0n) is 14.9.